The minimum atomic E-state index is -0.360. The molecule has 28 heavy (non-hydrogen) atoms. The van der Waals surface area contributed by atoms with Gasteiger partial charge in [-0.05, 0) is 67.3 Å². The lowest BCUT2D eigenvalue weighted by atomic mass is 10.0. The second kappa shape index (κ2) is 7.00. The molecule has 1 aliphatic carbocycles. The van der Waals surface area contributed by atoms with Crippen LogP contribution in [-0.4, -0.2) is 6.10 Å². The first-order valence-electron chi connectivity index (χ1n) is 10.1. The fourth-order valence-electron chi connectivity index (χ4n) is 4.35. The smallest absolute Gasteiger partial charge is 0.182 e. The molecule has 0 amide bonds. The van der Waals surface area contributed by atoms with Gasteiger partial charge in [-0.15, -0.1) is 11.3 Å². The first kappa shape index (κ1) is 17.9. The number of fused-ring (bicyclic) bond motifs is 4. The summed E-state index contributed by atoms with van der Waals surface area (Å²) >= 11 is 1.19. The predicted molar refractivity (Wildman–Crippen MR) is 114 cm³/mol. The molecule has 144 valence electrons. The topological polar surface area (TPSA) is 9.23 Å². The molecule has 4 heteroatoms. The van der Waals surface area contributed by atoms with Crippen LogP contribution in [0.2, 0.25) is 0 Å². The van der Waals surface area contributed by atoms with E-state index in [1.54, 1.807) is 6.07 Å². The van der Waals surface area contributed by atoms with Crippen LogP contribution in [0.25, 0.3) is 30.9 Å². The van der Waals surface area contributed by atoms with Gasteiger partial charge >= 0.3 is 0 Å². The molecular formula is C24H22F2OS. The van der Waals surface area contributed by atoms with Gasteiger partial charge in [0.05, 0.1) is 15.5 Å². The highest BCUT2D eigenvalue weighted by molar-refractivity contribution is 7.26. The minimum absolute atomic E-state index is 0.0950. The van der Waals surface area contributed by atoms with Gasteiger partial charge in [0.25, 0.3) is 0 Å². The molecule has 0 atom stereocenters. The normalized spacial score (nSPS) is 15.2. The predicted octanol–water partition coefficient (Wildman–Crippen LogP) is 7.76. The van der Waals surface area contributed by atoms with Crippen molar-refractivity contribution in [3.63, 3.8) is 0 Å². The lowest BCUT2D eigenvalue weighted by Crippen LogP contribution is -2.11. The van der Waals surface area contributed by atoms with Crippen molar-refractivity contribution < 1.29 is 13.5 Å². The largest absolute Gasteiger partial charge is 0.487 e. The highest BCUT2D eigenvalue weighted by Gasteiger charge is 2.21. The van der Waals surface area contributed by atoms with E-state index in [-0.39, 0.29) is 17.7 Å². The average Bonchev–Trinajstić information content (AvgIpc) is 3.33. The Balaban J connectivity index is 1.68. The second-order valence-electron chi connectivity index (χ2n) is 7.75. The van der Waals surface area contributed by atoms with Gasteiger partial charge in [-0.3, -0.25) is 0 Å². The maximum absolute atomic E-state index is 15.3. The van der Waals surface area contributed by atoms with Crippen LogP contribution in [0.1, 0.15) is 44.6 Å². The van der Waals surface area contributed by atoms with E-state index in [9.17, 15) is 0 Å². The second-order valence-corrected chi connectivity index (χ2v) is 8.77. The Hall–Kier alpha value is -2.20. The summed E-state index contributed by atoms with van der Waals surface area (Å²) < 4.78 is 37.4. The van der Waals surface area contributed by atoms with Crippen LogP contribution in [0.3, 0.4) is 0 Å². The van der Waals surface area contributed by atoms with Crippen LogP contribution in [0, 0.1) is 11.6 Å². The molecule has 1 nitrogen and oxygen atoms in total. The maximum atomic E-state index is 15.3. The number of halogens is 2. The molecule has 4 aromatic rings. The van der Waals surface area contributed by atoms with Crippen LogP contribution in [0.5, 0.6) is 5.75 Å². The van der Waals surface area contributed by atoms with Gasteiger partial charge in [-0.25, -0.2) is 8.78 Å². The molecule has 1 heterocycles. The summed E-state index contributed by atoms with van der Waals surface area (Å²) in [6, 6.07) is 11.5. The Morgan fingerprint density at radius 3 is 2.50 bits per heavy atom. The van der Waals surface area contributed by atoms with E-state index >= 15 is 8.78 Å². The Labute approximate surface area is 166 Å². The van der Waals surface area contributed by atoms with Gasteiger partial charge in [0.2, 0.25) is 0 Å². The zero-order chi connectivity index (χ0) is 19.3. The summed E-state index contributed by atoms with van der Waals surface area (Å²) in [6.07, 6.45) is 6.26. The Bertz CT molecular complexity index is 1190. The molecule has 0 aliphatic heterocycles. The van der Waals surface area contributed by atoms with Crippen molar-refractivity contribution in [3.05, 3.63) is 53.6 Å². The number of ether oxygens (including phenoxy) is 1. The van der Waals surface area contributed by atoms with Crippen molar-refractivity contribution in [2.24, 2.45) is 0 Å². The summed E-state index contributed by atoms with van der Waals surface area (Å²) in [5, 5.41) is 3.01. The summed E-state index contributed by atoms with van der Waals surface area (Å²) in [5.74, 6) is -0.314. The number of hydrogen-bond acceptors (Lipinski definition) is 2. The molecule has 1 aromatic heterocycles. The van der Waals surface area contributed by atoms with E-state index in [0.717, 1.165) is 60.2 Å². The van der Waals surface area contributed by atoms with Gasteiger partial charge in [0, 0.05) is 16.2 Å². The van der Waals surface area contributed by atoms with Gasteiger partial charge in [-0.1, -0.05) is 25.5 Å². The van der Waals surface area contributed by atoms with Gasteiger partial charge in [-0.2, -0.15) is 0 Å². The molecule has 0 unspecified atom stereocenters. The first-order valence-corrected chi connectivity index (χ1v) is 10.9. The molecule has 1 saturated carbocycles. The number of aryl methyl sites for hydroxylation is 1. The molecule has 0 saturated heterocycles. The van der Waals surface area contributed by atoms with Crippen molar-refractivity contribution >= 4 is 42.3 Å². The third-order valence-electron chi connectivity index (χ3n) is 5.79. The average molecular weight is 397 g/mol. The van der Waals surface area contributed by atoms with E-state index in [1.165, 1.54) is 11.3 Å². The third-order valence-corrected chi connectivity index (χ3v) is 6.99. The SMILES string of the molecule is CCCc1ccc2cc3c(sc4c(F)c(OC5CCCC5)ccc43)c(F)c2c1. The quantitative estimate of drug-likeness (QED) is 0.342. The molecule has 0 bridgehead atoms. The summed E-state index contributed by atoms with van der Waals surface area (Å²) in [7, 11) is 0. The number of thiophene rings is 1. The molecule has 5 rings (SSSR count). The zero-order valence-corrected chi connectivity index (χ0v) is 16.7. The summed E-state index contributed by atoms with van der Waals surface area (Å²) in [4.78, 5) is 0. The molecule has 0 N–H and O–H groups in total. The van der Waals surface area contributed by atoms with E-state index < -0.39 is 0 Å². The molecule has 1 aliphatic rings. The molecule has 3 aromatic carbocycles. The zero-order valence-electron chi connectivity index (χ0n) is 15.9. The first-order chi connectivity index (χ1) is 13.7. The van der Waals surface area contributed by atoms with Crippen molar-refractivity contribution in [2.45, 2.75) is 51.6 Å². The molecular weight excluding hydrogens is 374 g/mol. The highest BCUT2D eigenvalue weighted by Crippen LogP contribution is 2.42. The number of rotatable bonds is 4. The monoisotopic (exact) mass is 396 g/mol. The summed E-state index contributed by atoms with van der Waals surface area (Å²) in [6.45, 7) is 2.11. The van der Waals surface area contributed by atoms with Crippen LogP contribution in [0.4, 0.5) is 8.78 Å². The number of hydrogen-bond donors (Lipinski definition) is 0. The van der Waals surface area contributed by atoms with Crippen molar-refractivity contribution in [3.8, 4) is 5.75 Å². The van der Waals surface area contributed by atoms with Crippen molar-refractivity contribution in [2.75, 3.05) is 0 Å². The minimum Gasteiger partial charge on any atom is -0.487 e. The Kier molecular flexibility index (Phi) is 4.47. The van der Waals surface area contributed by atoms with E-state index in [1.807, 2.05) is 24.3 Å². The van der Waals surface area contributed by atoms with Crippen molar-refractivity contribution in [1.29, 1.82) is 0 Å². The lowest BCUT2D eigenvalue weighted by molar-refractivity contribution is 0.201. The highest BCUT2D eigenvalue weighted by atomic mass is 32.1. The third kappa shape index (κ3) is 2.86. The van der Waals surface area contributed by atoms with Crippen LogP contribution >= 0.6 is 11.3 Å². The van der Waals surface area contributed by atoms with Crippen LogP contribution in [0.15, 0.2) is 36.4 Å². The van der Waals surface area contributed by atoms with Crippen LogP contribution in [-0.2, 0) is 6.42 Å². The maximum Gasteiger partial charge on any atom is 0.182 e. The lowest BCUT2D eigenvalue weighted by Gasteiger charge is -2.13. The van der Waals surface area contributed by atoms with E-state index in [2.05, 4.69) is 13.0 Å². The molecule has 0 spiro atoms. The van der Waals surface area contributed by atoms with E-state index in [0.29, 0.717) is 20.5 Å². The van der Waals surface area contributed by atoms with Crippen molar-refractivity contribution in [1.82, 2.24) is 0 Å². The standard InChI is InChI=1S/C24H22F2OS/c1-2-5-14-8-9-15-13-19-17-10-11-20(27-16-6-3-4-7-16)22(26)23(17)28-24(19)21(25)18(15)12-14/h8-13,16H,2-7H2,1H3. The fourth-order valence-corrected chi connectivity index (χ4v) is 5.51. The van der Waals surface area contributed by atoms with E-state index in [4.69, 9.17) is 4.74 Å². The fraction of sp³-hybridized carbons (Fsp3) is 0.333. The van der Waals surface area contributed by atoms with Crippen LogP contribution < -0.4 is 4.74 Å². The Morgan fingerprint density at radius 1 is 0.929 bits per heavy atom. The molecule has 1 fully saturated rings. The number of benzene rings is 3. The van der Waals surface area contributed by atoms with Gasteiger partial charge < -0.3 is 4.74 Å². The van der Waals surface area contributed by atoms with Gasteiger partial charge in [0.15, 0.2) is 11.6 Å². The Morgan fingerprint density at radius 2 is 1.71 bits per heavy atom. The van der Waals surface area contributed by atoms with Gasteiger partial charge in [0.1, 0.15) is 5.82 Å². The summed E-state index contributed by atoms with van der Waals surface area (Å²) in [5.41, 5.74) is 1.13. The molecule has 0 radical (unpaired) electrons.